The number of hydrogen-bond acceptors (Lipinski definition) is 3. The molecule has 15 heavy (non-hydrogen) atoms. The number of methoxy groups -OCH3 is 1. The van der Waals surface area contributed by atoms with Crippen LogP contribution in [0.3, 0.4) is 0 Å². The number of carbonyl (C=O) groups excluding carboxylic acids is 1. The van der Waals surface area contributed by atoms with Crippen LogP contribution in [0.2, 0.25) is 5.02 Å². The van der Waals surface area contributed by atoms with Crippen LogP contribution in [0.15, 0.2) is 16.6 Å². The normalized spacial score (nSPS) is 9.33. The fourth-order valence-corrected chi connectivity index (χ4v) is 1.84. The molecule has 0 spiro atoms. The summed E-state index contributed by atoms with van der Waals surface area (Å²) < 4.78 is 5.75. The number of halogens is 3. The van der Waals surface area contributed by atoms with Crippen LogP contribution in [0.1, 0.15) is 10.4 Å². The highest BCUT2D eigenvalue weighted by Crippen LogP contribution is 2.34. The maximum atomic E-state index is 11.5. The Hall–Kier alpha value is -0.290. The van der Waals surface area contributed by atoms with E-state index in [1.807, 2.05) is 0 Å². The van der Waals surface area contributed by atoms with Crippen LogP contribution in [-0.2, 0) is 0 Å². The smallest absolute Gasteiger partial charge is 0.181 e. The largest absolute Gasteiger partial charge is 0.495 e. The van der Waals surface area contributed by atoms with Gasteiger partial charge in [0.25, 0.3) is 0 Å². The first-order chi connectivity index (χ1) is 6.61. The maximum absolute atomic E-state index is 11.5. The summed E-state index contributed by atoms with van der Waals surface area (Å²) >= 11 is 9.14. The molecule has 0 saturated heterocycles. The van der Waals surface area contributed by atoms with Crippen molar-refractivity contribution in [3.63, 3.8) is 0 Å². The van der Waals surface area contributed by atoms with Gasteiger partial charge in [-0.25, -0.2) is 0 Å². The molecule has 1 aromatic carbocycles. The van der Waals surface area contributed by atoms with E-state index in [2.05, 4.69) is 15.9 Å². The Morgan fingerprint density at radius 2 is 2.20 bits per heavy atom. The van der Waals surface area contributed by atoms with Crippen LogP contribution in [0.5, 0.6) is 5.75 Å². The monoisotopic (exact) mass is 313 g/mol. The highest BCUT2D eigenvalue weighted by atomic mass is 79.9. The average molecular weight is 315 g/mol. The Labute approximate surface area is 107 Å². The molecule has 84 valence electrons. The van der Waals surface area contributed by atoms with E-state index in [0.29, 0.717) is 20.8 Å². The Morgan fingerprint density at radius 3 is 2.67 bits per heavy atom. The molecule has 1 rings (SSSR count). The summed E-state index contributed by atoms with van der Waals surface area (Å²) in [6, 6.07) is 3.34. The second-order valence-electron chi connectivity index (χ2n) is 2.56. The summed E-state index contributed by atoms with van der Waals surface area (Å²) in [5, 5.41) is 0.348. The fourth-order valence-electron chi connectivity index (χ4n) is 1.09. The number of ether oxygens (including phenoxy) is 1. The number of carbonyl (C=O) groups is 1. The van der Waals surface area contributed by atoms with Gasteiger partial charge in [-0.2, -0.15) is 0 Å². The minimum absolute atomic E-state index is 0. The lowest BCUT2D eigenvalue weighted by Gasteiger charge is -2.10. The summed E-state index contributed by atoms with van der Waals surface area (Å²) in [5.74, 6) is 0.182. The molecule has 0 atom stereocenters. The standard InChI is InChI=1S/C9H9BrClNO2.ClH/c1-14-9-5(10)2-3-6(11)8(9)7(13)4-12;/h2-3H,4,12H2,1H3;1H. The molecule has 0 aliphatic heterocycles. The van der Waals surface area contributed by atoms with Crippen molar-refractivity contribution in [3.8, 4) is 5.75 Å². The van der Waals surface area contributed by atoms with E-state index in [9.17, 15) is 4.79 Å². The first kappa shape index (κ1) is 14.7. The van der Waals surface area contributed by atoms with Crippen LogP contribution >= 0.6 is 39.9 Å². The van der Waals surface area contributed by atoms with Crippen LogP contribution < -0.4 is 10.5 Å². The van der Waals surface area contributed by atoms with E-state index in [4.69, 9.17) is 22.1 Å². The number of nitrogens with two attached hydrogens (primary N) is 1. The summed E-state index contributed by atoms with van der Waals surface area (Å²) in [4.78, 5) is 11.5. The van der Waals surface area contributed by atoms with E-state index in [1.54, 1.807) is 12.1 Å². The third kappa shape index (κ3) is 3.08. The van der Waals surface area contributed by atoms with E-state index in [0.717, 1.165) is 0 Å². The third-order valence-electron chi connectivity index (χ3n) is 1.73. The van der Waals surface area contributed by atoms with Crippen molar-refractivity contribution in [1.82, 2.24) is 0 Å². The number of benzene rings is 1. The first-order valence-electron chi connectivity index (χ1n) is 3.87. The Morgan fingerprint density at radius 1 is 1.60 bits per heavy atom. The number of Topliss-reactive ketones (excluding diaryl/α,β-unsaturated/α-hetero) is 1. The van der Waals surface area contributed by atoms with Crippen LogP contribution in [-0.4, -0.2) is 19.4 Å². The topological polar surface area (TPSA) is 52.3 Å². The minimum Gasteiger partial charge on any atom is -0.495 e. The molecule has 0 radical (unpaired) electrons. The molecule has 3 nitrogen and oxygen atoms in total. The van der Waals surface area contributed by atoms with E-state index in [-0.39, 0.29) is 24.7 Å². The van der Waals surface area contributed by atoms with Crippen molar-refractivity contribution in [1.29, 1.82) is 0 Å². The summed E-state index contributed by atoms with van der Waals surface area (Å²) in [6.45, 7) is -0.0907. The number of ketones is 1. The average Bonchev–Trinajstić information content (AvgIpc) is 2.19. The second kappa shape index (κ2) is 6.33. The zero-order valence-corrected chi connectivity index (χ0v) is 11.1. The van der Waals surface area contributed by atoms with Crippen molar-refractivity contribution in [2.45, 2.75) is 0 Å². The van der Waals surface area contributed by atoms with Crippen molar-refractivity contribution >= 4 is 45.7 Å². The molecule has 1 aromatic rings. The Balaban J connectivity index is 0.00000196. The molecule has 0 saturated carbocycles. The first-order valence-corrected chi connectivity index (χ1v) is 5.04. The van der Waals surface area contributed by atoms with Gasteiger partial charge in [-0.1, -0.05) is 11.6 Å². The highest BCUT2D eigenvalue weighted by Gasteiger charge is 2.17. The molecule has 6 heteroatoms. The predicted octanol–water partition coefficient (Wildman–Crippen LogP) is 2.67. The van der Waals surface area contributed by atoms with E-state index < -0.39 is 0 Å². The fraction of sp³-hybridized carbons (Fsp3) is 0.222. The van der Waals surface area contributed by atoms with Crippen molar-refractivity contribution in [3.05, 3.63) is 27.2 Å². The van der Waals surface area contributed by atoms with Gasteiger partial charge in [0, 0.05) is 0 Å². The zero-order chi connectivity index (χ0) is 10.7. The van der Waals surface area contributed by atoms with Gasteiger partial charge < -0.3 is 10.5 Å². The maximum Gasteiger partial charge on any atom is 0.181 e. The number of rotatable bonds is 3. The molecule has 0 aromatic heterocycles. The van der Waals surface area contributed by atoms with Crippen LogP contribution in [0.4, 0.5) is 0 Å². The zero-order valence-electron chi connectivity index (χ0n) is 7.92. The predicted molar refractivity (Wildman–Crippen MR) is 66.3 cm³/mol. The van der Waals surface area contributed by atoms with Crippen molar-refractivity contribution in [2.75, 3.05) is 13.7 Å². The molecule has 0 aliphatic rings. The third-order valence-corrected chi connectivity index (χ3v) is 2.67. The molecule has 0 unspecified atom stereocenters. The van der Waals surface area contributed by atoms with Crippen LogP contribution in [0, 0.1) is 0 Å². The van der Waals surface area contributed by atoms with Gasteiger partial charge >= 0.3 is 0 Å². The van der Waals surface area contributed by atoms with Gasteiger partial charge in [0.2, 0.25) is 0 Å². The molecule has 2 N–H and O–H groups in total. The van der Waals surface area contributed by atoms with Gasteiger partial charge in [-0.05, 0) is 28.1 Å². The lowest BCUT2D eigenvalue weighted by molar-refractivity contribution is 0.0998. The summed E-state index contributed by atoms with van der Waals surface area (Å²) in [7, 11) is 1.48. The van der Waals surface area contributed by atoms with Gasteiger partial charge in [0.15, 0.2) is 5.78 Å². The van der Waals surface area contributed by atoms with Crippen molar-refractivity contribution in [2.24, 2.45) is 5.73 Å². The van der Waals surface area contributed by atoms with Gasteiger partial charge in [-0.15, -0.1) is 12.4 Å². The molecule has 0 aliphatic carbocycles. The summed E-state index contributed by atoms with van der Waals surface area (Å²) in [6.07, 6.45) is 0. The second-order valence-corrected chi connectivity index (χ2v) is 3.83. The highest BCUT2D eigenvalue weighted by molar-refractivity contribution is 9.10. The minimum atomic E-state index is -0.242. The van der Waals surface area contributed by atoms with E-state index in [1.165, 1.54) is 7.11 Å². The quantitative estimate of drug-likeness (QED) is 0.873. The Bertz CT molecular complexity index is 371. The van der Waals surface area contributed by atoms with Gasteiger partial charge in [-0.3, -0.25) is 4.79 Å². The summed E-state index contributed by atoms with van der Waals surface area (Å²) in [5.41, 5.74) is 5.59. The lowest BCUT2D eigenvalue weighted by atomic mass is 10.1. The lowest BCUT2D eigenvalue weighted by Crippen LogP contribution is -2.15. The molecular weight excluding hydrogens is 305 g/mol. The van der Waals surface area contributed by atoms with Crippen molar-refractivity contribution < 1.29 is 9.53 Å². The van der Waals surface area contributed by atoms with E-state index >= 15 is 0 Å². The molecule has 0 bridgehead atoms. The molecule has 0 amide bonds. The van der Waals surface area contributed by atoms with Gasteiger partial charge in [0.05, 0.1) is 28.7 Å². The van der Waals surface area contributed by atoms with Crippen LogP contribution in [0.25, 0.3) is 0 Å². The number of hydrogen-bond donors (Lipinski definition) is 1. The SMILES string of the molecule is COc1c(Br)ccc(Cl)c1C(=O)CN.Cl. The molecular formula is C9H10BrCl2NO2. The molecule has 0 fully saturated rings. The van der Waals surface area contributed by atoms with Gasteiger partial charge in [0.1, 0.15) is 5.75 Å². The Kier molecular flexibility index (Phi) is 6.20. The molecule has 0 heterocycles.